The Morgan fingerprint density at radius 3 is 2.52 bits per heavy atom. The predicted octanol–water partition coefficient (Wildman–Crippen LogP) is 2.71. The molecule has 2 rings (SSSR count). The number of benzene rings is 1. The second kappa shape index (κ2) is 6.96. The van der Waals surface area contributed by atoms with E-state index in [4.69, 9.17) is 0 Å². The van der Waals surface area contributed by atoms with Gasteiger partial charge in [-0.15, -0.1) is 0 Å². The van der Waals surface area contributed by atoms with Crippen molar-refractivity contribution in [3.05, 3.63) is 47.8 Å². The molecular formula is C18H25N3O2. The minimum Gasteiger partial charge on any atom is -0.394 e. The van der Waals surface area contributed by atoms with Crippen molar-refractivity contribution in [1.82, 2.24) is 15.1 Å². The van der Waals surface area contributed by atoms with Gasteiger partial charge < -0.3 is 10.4 Å². The number of hydrogen-bond donors (Lipinski definition) is 2. The van der Waals surface area contributed by atoms with Gasteiger partial charge in [0, 0.05) is 0 Å². The zero-order chi connectivity index (χ0) is 17.0. The molecule has 5 nitrogen and oxygen atoms in total. The van der Waals surface area contributed by atoms with Crippen molar-refractivity contribution in [2.75, 3.05) is 6.61 Å². The van der Waals surface area contributed by atoms with Crippen LogP contribution in [0.2, 0.25) is 0 Å². The van der Waals surface area contributed by atoms with Gasteiger partial charge in [0.25, 0.3) is 5.91 Å². The van der Waals surface area contributed by atoms with Gasteiger partial charge in [0.05, 0.1) is 35.8 Å². The van der Waals surface area contributed by atoms with Gasteiger partial charge in [-0.2, -0.15) is 5.10 Å². The first-order chi connectivity index (χ1) is 10.8. The normalized spacial score (nSPS) is 12.9. The van der Waals surface area contributed by atoms with Crippen LogP contribution in [0.3, 0.4) is 0 Å². The molecule has 1 atom stereocenters. The number of carbonyl (C=O) groups is 1. The van der Waals surface area contributed by atoms with E-state index in [0.717, 1.165) is 11.4 Å². The number of hydrogen-bond acceptors (Lipinski definition) is 3. The first-order valence-corrected chi connectivity index (χ1v) is 7.83. The monoisotopic (exact) mass is 315 g/mol. The van der Waals surface area contributed by atoms with E-state index in [1.54, 1.807) is 10.9 Å². The van der Waals surface area contributed by atoms with Crippen molar-refractivity contribution < 1.29 is 9.90 Å². The summed E-state index contributed by atoms with van der Waals surface area (Å²) >= 11 is 0. The standard InChI is InChI=1S/C18H25N3O2/c1-13-16(11-19-21(13)15-8-6-5-7-9-15)17(23)20-14(12-22)10-18(2,3)4/h5-9,11,14,22H,10,12H2,1-4H3,(H,20,23). The molecule has 2 N–H and O–H groups in total. The van der Waals surface area contributed by atoms with Crippen LogP contribution in [0.15, 0.2) is 36.5 Å². The van der Waals surface area contributed by atoms with Gasteiger partial charge in [-0.1, -0.05) is 39.0 Å². The van der Waals surface area contributed by atoms with Gasteiger partial charge >= 0.3 is 0 Å². The van der Waals surface area contributed by atoms with E-state index in [0.29, 0.717) is 12.0 Å². The highest BCUT2D eigenvalue weighted by Crippen LogP contribution is 2.21. The number of rotatable bonds is 5. The number of aromatic nitrogens is 2. The van der Waals surface area contributed by atoms with Crippen molar-refractivity contribution in [3.8, 4) is 5.69 Å². The zero-order valence-electron chi connectivity index (χ0n) is 14.2. The lowest BCUT2D eigenvalue weighted by Crippen LogP contribution is -2.40. The summed E-state index contributed by atoms with van der Waals surface area (Å²) < 4.78 is 1.74. The highest BCUT2D eigenvalue weighted by molar-refractivity contribution is 5.95. The molecule has 1 amide bonds. The average Bonchev–Trinajstić information content (AvgIpc) is 2.87. The maximum Gasteiger partial charge on any atom is 0.255 e. The van der Waals surface area contributed by atoms with Crippen molar-refractivity contribution in [3.63, 3.8) is 0 Å². The third kappa shape index (κ3) is 4.42. The Hall–Kier alpha value is -2.14. The fourth-order valence-corrected chi connectivity index (χ4v) is 2.63. The fourth-order valence-electron chi connectivity index (χ4n) is 2.63. The molecule has 0 aliphatic rings. The molecule has 0 saturated carbocycles. The number of nitrogens with one attached hydrogen (secondary N) is 1. The Morgan fingerprint density at radius 2 is 1.96 bits per heavy atom. The van der Waals surface area contributed by atoms with Crippen LogP contribution in [0.4, 0.5) is 0 Å². The first kappa shape index (κ1) is 17.2. The average molecular weight is 315 g/mol. The van der Waals surface area contributed by atoms with Gasteiger partial charge in [0.2, 0.25) is 0 Å². The number of amides is 1. The molecule has 0 bridgehead atoms. The molecule has 1 unspecified atom stereocenters. The van der Waals surface area contributed by atoms with Crippen molar-refractivity contribution >= 4 is 5.91 Å². The smallest absolute Gasteiger partial charge is 0.255 e. The van der Waals surface area contributed by atoms with Crippen molar-refractivity contribution in [2.45, 2.75) is 40.2 Å². The Morgan fingerprint density at radius 1 is 1.30 bits per heavy atom. The summed E-state index contributed by atoms with van der Waals surface area (Å²) in [6.45, 7) is 8.04. The van der Waals surface area contributed by atoms with E-state index >= 15 is 0 Å². The molecule has 0 spiro atoms. The molecule has 2 aromatic rings. The lowest BCUT2D eigenvalue weighted by atomic mass is 9.88. The summed E-state index contributed by atoms with van der Waals surface area (Å²) in [6, 6.07) is 9.43. The van der Waals surface area contributed by atoms with Crippen LogP contribution < -0.4 is 5.32 Å². The number of aliphatic hydroxyl groups is 1. The van der Waals surface area contributed by atoms with E-state index in [-0.39, 0.29) is 24.0 Å². The molecule has 0 saturated heterocycles. The second-order valence-electron chi connectivity index (χ2n) is 7.01. The number of para-hydroxylation sites is 1. The summed E-state index contributed by atoms with van der Waals surface area (Å²) in [5.41, 5.74) is 2.25. The number of carbonyl (C=O) groups excluding carboxylic acids is 1. The molecule has 124 valence electrons. The van der Waals surface area contributed by atoms with Crippen LogP contribution in [-0.4, -0.2) is 33.4 Å². The van der Waals surface area contributed by atoms with Gasteiger partial charge in [0.1, 0.15) is 0 Å². The molecule has 1 aromatic heterocycles. The van der Waals surface area contributed by atoms with Crippen LogP contribution >= 0.6 is 0 Å². The first-order valence-electron chi connectivity index (χ1n) is 7.83. The molecule has 0 aliphatic heterocycles. The fraction of sp³-hybridized carbons (Fsp3) is 0.444. The minimum atomic E-state index is -0.262. The largest absolute Gasteiger partial charge is 0.394 e. The van der Waals surface area contributed by atoms with E-state index < -0.39 is 0 Å². The van der Waals surface area contributed by atoms with Crippen LogP contribution in [0.25, 0.3) is 5.69 Å². The van der Waals surface area contributed by atoms with Crippen LogP contribution in [0, 0.1) is 12.3 Å². The van der Waals surface area contributed by atoms with Gasteiger partial charge in [0.15, 0.2) is 0 Å². The summed E-state index contributed by atoms with van der Waals surface area (Å²) in [7, 11) is 0. The van der Waals surface area contributed by atoms with Crippen molar-refractivity contribution in [2.24, 2.45) is 5.41 Å². The van der Waals surface area contributed by atoms with Gasteiger partial charge in [-0.25, -0.2) is 4.68 Å². The molecular weight excluding hydrogens is 290 g/mol. The summed E-state index contributed by atoms with van der Waals surface area (Å²) in [6.07, 6.45) is 2.28. The topological polar surface area (TPSA) is 67.2 Å². The highest BCUT2D eigenvalue weighted by atomic mass is 16.3. The third-order valence-electron chi connectivity index (χ3n) is 3.67. The van der Waals surface area contributed by atoms with E-state index in [1.165, 1.54) is 0 Å². The summed E-state index contributed by atoms with van der Waals surface area (Å²) in [5, 5.41) is 16.7. The molecule has 1 aromatic carbocycles. The SMILES string of the molecule is Cc1c(C(=O)NC(CO)CC(C)(C)C)cnn1-c1ccccc1. The quantitative estimate of drug-likeness (QED) is 0.891. The molecule has 0 fully saturated rings. The van der Waals surface area contributed by atoms with Crippen LogP contribution in [-0.2, 0) is 0 Å². The molecule has 23 heavy (non-hydrogen) atoms. The third-order valence-corrected chi connectivity index (χ3v) is 3.67. The Labute approximate surface area is 137 Å². The molecule has 0 aliphatic carbocycles. The van der Waals surface area contributed by atoms with E-state index in [9.17, 15) is 9.90 Å². The Balaban J connectivity index is 2.16. The van der Waals surface area contributed by atoms with Crippen molar-refractivity contribution in [1.29, 1.82) is 0 Å². The van der Waals surface area contributed by atoms with Gasteiger partial charge in [-0.05, 0) is 30.9 Å². The lowest BCUT2D eigenvalue weighted by molar-refractivity contribution is 0.0897. The molecule has 1 heterocycles. The number of aliphatic hydroxyl groups excluding tert-OH is 1. The Kier molecular flexibility index (Phi) is 5.21. The maximum absolute atomic E-state index is 12.5. The Bertz CT molecular complexity index is 657. The molecule has 5 heteroatoms. The minimum absolute atomic E-state index is 0.0317. The zero-order valence-corrected chi connectivity index (χ0v) is 14.2. The van der Waals surface area contributed by atoms with Gasteiger partial charge in [-0.3, -0.25) is 4.79 Å². The highest BCUT2D eigenvalue weighted by Gasteiger charge is 2.22. The maximum atomic E-state index is 12.5. The molecule has 0 radical (unpaired) electrons. The lowest BCUT2D eigenvalue weighted by Gasteiger charge is -2.25. The van der Waals surface area contributed by atoms with Crippen LogP contribution in [0.1, 0.15) is 43.2 Å². The van der Waals surface area contributed by atoms with E-state index in [2.05, 4.69) is 31.2 Å². The summed E-state index contributed by atoms with van der Waals surface area (Å²) in [5.74, 6) is -0.201. The van der Waals surface area contributed by atoms with E-state index in [1.807, 2.05) is 37.3 Å². The summed E-state index contributed by atoms with van der Waals surface area (Å²) in [4.78, 5) is 12.5. The number of nitrogens with zero attached hydrogens (tertiary/aromatic N) is 2. The van der Waals surface area contributed by atoms with Crippen LogP contribution in [0.5, 0.6) is 0 Å². The predicted molar refractivity (Wildman–Crippen MR) is 90.7 cm³/mol. The second-order valence-corrected chi connectivity index (χ2v) is 7.01.